The van der Waals surface area contributed by atoms with Crippen molar-refractivity contribution in [2.75, 3.05) is 6.61 Å². The Morgan fingerprint density at radius 1 is 1.27 bits per heavy atom. The lowest BCUT2D eigenvalue weighted by atomic mass is 10.2. The molecular formula is C19H20N4O3. The maximum atomic E-state index is 12.9. The zero-order valence-electron chi connectivity index (χ0n) is 15.0. The molecule has 7 nitrogen and oxygen atoms in total. The van der Waals surface area contributed by atoms with Crippen molar-refractivity contribution in [1.82, 2.24) is 19.6 Å². The Balaban J connectivity index is 2.07. The van der Waals surface area contributed by atoms with E-state index in [1.165, 1.54) is 10.8 Å². The van der Waals surface area contributed by atoms with Crippen molar-refractivity contribution < 1.29 is 9.53 Å². The number of para-hydroxylation sites is 1. The predicted molar refractivity (Wildman–Crippen MR) is 98.4 cm³/mol. The summed E-state index contributed by atoms with van der Waals surface area (Å²) in [5.41, 5.74) is 2.76. The molecule has 0 radical (unpaired) electrons. The summed E-state index contributed by atoms with van der Waals surface area (Å²) >= 11 is 0. The smallest absolute Gasteiger partial charge is 0.330 e. The Labute approximate surface area is 150 Å². The van der Waals surface area contributed by atoms with Gasteiger partial charge in [-0.05, 0) is 32.4 Å². The zero-order chi connectivity index (χ0) is 18.7. The van der Waals surface area contributed by atoms with Crippen molar-refractivity contribution >= 4 is 16.9 Å². The average Bonchev–Trinajstić information content (AvgIpc) is 3.05. The van der Waals surface area contributed by atoms with Gasteiger partial charge in [0.05, 0.1) is 30.7 Å². The number of fused-ring (bicyclic) bond motifs is 1. The van der Waals surface area contributed by atoms with E-state index in [0.29, 0.717) is 23.2 Å². The normalized spacial score (nSPS) is 11.3. The molecule has 7 heteroatoms. The molecule has 3 aromatic rings. The van der Waals surface area contributed by atoms with Gasteiger partial charge in [-0.1, -0.05) is 24.3 Å². The summed E-state index contributed by atoms with van der Waals surface area (Å²) < 4.78 is 7.80. The van der Waals surface area contributed by atoms with Gasteiger partial charge in [-0.25, -0.2) is 14.2 Å². The minimum absolute atomic E-state index is 0.174. The first-order valence-electron chi connectivity index (χ1n) is 8.37. The number of ether oxygens (including phenoxy) is 1. The molecule has 0 aliphatic rings. The lowest BCUT2D eigenvalue weighted by Crippen LogP contribution is -2.25. The maximum Gasteiger partial charge on any atom is 0.330 e. The number of rotatable bonds is 5. The van der Waals surface area contributed by atoms with Crippen LogP contribution in [0.1, 0.15) is 18.2 Å². The van der Waals surface area contributed by atoms with E-state index in [4.69, 9.17) is 4.74 Å². The van der Waals surface area contributed by atoms with Gasteiger partial charge < -0.3 is 4.74 Å². The highest BCUT2D eigenvalue weighted by atomic mass is 16.5. The third-order valence-electron chi connectivity index (χ3n) is 4.03. The van der Waals surface area contributed by atoms with Gasteiger partial charge in [-0.15, -0.1) is 0 Å². The molecule has 0 aliphatic heterocycles. The first kappa shape index (κ1) is 17.6. The number of carbonyl (C=O) groups is 1. The van der Waals surface area contributed by atoms with Crippen LogP contribution in [-0.4, -0.2) is 32.1 Å². The van der Waals surface area contributed by atoms with Gasteiger partial charge in [0.15, 0.2) is 0 Å². The molecule has 0 fully saturated rings. The van der Waals surface area contributed by atoms with Gasteiger partial charge in [-0.3, -0.25) is 4.79 Å². The van der Waals surface area contributed by atoms with Gasteiger partial charge in [0.1, 0.15) is 5.52 Å². The fourth-order valence-corrected chi connectivity index (χ4v) is 2.77. The van der Waals surface area contributed by atoms with Crippen LogP contribution in [0, 0.1) is 13.8 Å². The van der Waals surface area contributed by atoms with Crippen molar-refractivity contribution in [1.29, 1.82) is 0 Å². The second-order valence-electron chi connectivity index (χ2n) is 5.83. The fourth-order valence-electron chi connectivity index (χ4n) is 2.77. The molecule has 1 aromatic carbocycles. The highest BCUT2D eigenvalue weighted by Crippen LogP contribution is 2.19. The lowest BCUT2D eigenvalue weighted by molar-refractivity contribution is -0.137. The molecule has 0 amide bonds. The molecule has 0 saturated carbocycles. The molecule has 0 bridgehead atoms. The lowest BCUT2D eigenvalue weighted by Gasteiger charge is -2.09. The van der Waals surface area contributed by atoms with E-state index in [9.17, 15) is 9.59 Å². The molecule has 0 unspecified atom stereocenters. The number of hydrogen-bond acceptors (Lipinski definition) is 5. The van der Waals surface area contributed by atoms with E-state index >= 15 is 0 Å². The van der Waals surface area contributed by atoms with Crippen molar-refractivity contribution in [3.8, 4) is 5.69 Å². The zero-order valence-corrected chi connectivity index (χ0v) is 15.0. The summed E-state index contributed by atoms with van der Waals surface area (Å²) in [6.07, 6.45) is 4.52. The van der Waals surface area contributed by atoms with Crippen LogP contribution in [0.4, 0.5) is 0 Å². The summed E-state index contributed by atoms with van der Waals surface area (Å²) in [6.45, 7) is 6.02. The number of allylic oxidation sites excluding steroid dienone is 1. The van der Waals surface area contributed by atoms with E-state index in [-0.39, 0.29) is 12.1 Å². The van der Waals surface area contributed by atoms with Gasteiger partial charge in [0.2, 0.25) is 0 Å². The number of benzene rings is 1. The van der Waals surface area contributed by atoms with Gasteiger partial charge >= 0.3 is 5.97 Å². The Bertz CT molecular complexity index is 1050. The quantitative estimate of drug-likeness (QED) is 0.520. The van der Waals surface area contributed by atoms with Crippen LogP contribution in [0.5, 0.6) is 0 Å². The summed E-state index contributed by atoms with van der Waals surface area (Å²) in [5, 5.41) is 9.43. The number of carbonyl (C=O) groups excluding carboxylic acids is 1. The van der Waals surface area contributed by atoms with E-state index in [0.717, 1.165) is 11.3 Å². The van der Waals surface area contributed by atoms with Gasteiger partial charge in [0, 0.05) is 11.5 Å². The van der Waals surface area contributed by atoms with Crippen LogP contribution in [0.3, 0.4) is 0 Å². The molecule has 134 valence electrons. The van der Waals surface area contributed by atoms with Crippen LogP contribution in [0.15, 0.2) is 47.4 Å². The van der Waals surface area contributed by atoms with E-state index in [1.54, 1.807) is 23.9 Å². The molecule has 0 aliphatic carbocycles. The molecule has 0 spiro atoms. The summed E-state index contributed by atoms with van der Waals surface area (Å²) in [4.78, 5) is 24.3. The van der Waals surface area contributed by atoms with Crippen molar-refractivity contribution in [2.24, 2.45) is 0 Å². The number of aryl methyl sites for hydroxylation is 2. The fraction of sp³-hybridized carbons (Fsp3) is 0.263. The first-order valence-corrected chi connectivity index (χ1v) is 8.37. The number of aromatic nitrogens is 4. The van der Waals surface area contributed by atoms with E-state index in [1.807, 2.05) is 38.1 Å². The predicted octanol–water partition coefficient (Wildman–Crippen LogP) is 2.32. The Morgan fingerprint density at radius 2 is 2.04 bits per heavy atom. The van der Waals surface area contributed by atoms with Crippen molar-refractivity contribution in [3.63, 3.8) is 0 Å². The molecule has 3 rings (SSSR count). The molecule has 26 heavy (non-hydrogen) atoms. The highest BCUT2D eigenvalue weighted by molar-refractivity contribution is 5.82. The Kier molecular flexibility index (Phi) is 4.97. The van der Waals surface area contributed by atoms with E-state index < -0.39 is 5.97 Å². The van der Waals surface area contributed by atoms with E-state index in [2.05, 4.69) is 10.2 Å². The third kappa shape index (κ3) is 3.28. The Hall–Kier alpha value is -3.22. The SMILES string of the molecule is CCOC(=O)/C=C/Cn1nc(C)c2cnn(-c3ccccc3C)c2c1=O. The maximum absolute atomic E-state index is 12.9. The minimum atomic E-state index is -0.441. The molecule has 0 saturated heterocycles. The Morgan fingerprint density at radius 3 is 2.77 bits per heavy atom. The standard InChI is InChI=1S/C19H20N4O3/c1-4-26-17(24)10-7-11-22-19(25)18-15(14(3)21-22)12-20-23(18)16-9-6-5-8-13(16)2/h5-10,12H,4,11H2,1-3H3/b10-7+. The highest BCUT2D eigenvalue weighted by Gasteiger charge is 2.15. The largest absolute Gasteiger partial charge is 0.463 e. The topological polar surface area (TPSA) is 79.0 Å². The number of nitrogens with zero attached hydrogens (tertiary/aromatic N) is 4. The number of hydrogen-bond donors (Lipinski definition) is 0. The number of esters is 1. The van der Waals surface area contributed by atoms with Crippen LogP contribution in [0.25, 0.3) is 16.6 Å². The van der Waals surface area contributed by atoms with Gasteiger partial charge in [-0.2, -0.15) is 10.2 Å². The average molecular weight is 352 g/mol. The van der Waals surface area contributed by atoms with Crippen LogP contribution in [-0.2, 0) is 16.1 Å². The summed E-state index contributed by atoms with van der Waals surface area (Å²) in [6, 6.07) is 7.74. The van der Waals surface area contributed by atoms with Crippen molar-refractivity contribution in [2.45, 2.75) is 27.3 Å². The van der Waals surface area contributed by atoms with Crippen LogP contribution < -0.4 is 5.56 Å². The molecule has 2 aromatic heterocycles. The summed E-state index contributed by atoms with van der Waals surface area (Å²) in [7, 11) is 0. The third-order valence-corrected chi connectivity index (χ3v) is 4.03. The first-order chi connectivity index (χ1) is 12.5. The second kappa shape index (κ2) is 7.35. The monoisotopic (exact) mass is 352 g/mol. The molecule has 0 atom stereocenters. The minimum Gasteiger partial charge on any atom is -0.463 e. The molecular weight excluding hydrogens is 332 g/mol. The van der Waals surface area contributed by atoms with Crippen LogP contribution >= 0.6 is 0 Å². The second-order valence-corrected chi connectivity index (χ2v) is 5.83. The van der Waals surface area contributed by atoms with Gasteiger partial charge in [0.25, 0.3) is 5.56 Å². The van der Waals surface area contributed by atoms with Crippen LogP contribution in [0.2, 0.25) is 0 Å². The molecule has 0 N–H and O–H groups in total. The van der Waals surface area contributed by atoms with Crippen molar-refractivity contribution in [3.05, 3.63) is 64.2 Å². The summed E-state index contributed by atoms with van der Waals surface area (Å²) in [5.74, 6) is -0.441. The molecule has 2 heterocycles.